The molecule has 1 aliphatic heterocycles. The van der Waals surface area contributed by atoms with Crippen molar-refractivity contribution in [3.8, 4) is 0 Å². The van der Waals surface area contributed by atoms with Gasteiger partial charge in [-0.25, -0.2) is 9.78 Å². The second-order valence-electron chi connectivity index (χ2n) is 5.77. The van der Waals surface area contributed by atoms with Gasteiger partial charge in [-0.3, -0.25) is 0 Å². The topological polar surface area (TPSA) is 54.5 Å². The third-order valence-electron chi connectivity index (χ3n) is 4.10. The van der Waals surface area contributed by atoms with Gasteiger partial charge in [-0.2, -0.15) is 0 Å². The van der Waals surface area contributed by atoms with Crippen molar-refractivity contribution in [1.29, 1.82) is 0 Å². The molecule has 21 heavy (non-hydrogen) atoms. The van der Waals surface area contributed by atoms with Crippen LogP contribution in [0.15, 0.2) is 12.1 Å². The Balaban J connectivity index is 1.81. The van der Waals surface area contributed by atoms with Crippen molar-refractivity contribution in [2.75, 3.05) is 38.6 Å². The van der Waals surface area contributed by atoms with Crippen molar-refractivity contribution in [2.24, 2.45) is 5.92 Å². The van der Waals surface area contributed by atoms with Crippen LogP contribution in [0, 0.1) is 12.8 Å². The molecule has 1 aliphatic rings. The summed E-state index contributed by atoms with van der Waals surface area (Å²) in [4.78, 5) is 18.4. The van der Waals surface area contributed by atoms with E-state index < -0.39 is 0 Å². The Labute approximate surface area is 126 Å². The number of carbonyl (C=O) groups is 1. The summed E-state index contributed by atoms with van der Waals surface area (Å²) in [6.45, 7) is 8.44. The number of hydrogen-bond acceptors (Lipinski definition) is 5. The van der Waals surface area contributed by atoms with Gasteiger partial charge in [0.15, 0.2) is 0 Å². The van der Waals surface area contributed by atoms with Gasteiger partial charge in [0.05, 0.1) is 18.4 Å². The molecule has 5 nitrogen and oxygen atoms in total. The van der Waals surface area contributed by atoms with Crippen molar-refractivity contribution in [3.63, 3.8) is 0 Å². The highest BCUT2D eigenvalue weighted by Crippen LogP contribution is 2.15. The molecular weight excluding hydrogens is 266 g/mol. The van der Waals surface area contributed by atoms with Gasteiger partial charge in [0.2, 0.25) is 0 Å². The summed E-state index contributed by atoms with van der Waals surface area (Å²) in [5, 5.41) is 3.32. The quantitative estimate of drug-likeness (QED) is 0.844. The fourth-order valence-corrected chi connectivity index (χ4v) is 2.61. The van der Waals surface area contributed by atoms with Crippen LogP contribution in [0.3, 0.4) is 0 Å². The number of pyridine rings is 1. The Hall–Kier alpha value is -1.62. The second kappa shape index (κ2) is 7.41. The van der Waals surface area contributed by atoms with Crippen LogP contribution in [0.25, 0.3) is 0 Å². The van der Waals surface area contributed by atoms with E-state index in [0.29, 0.717) is 11.3 Å². The number of ether oxygens (including phenoxy) is 1. The molecule has 1 saturated heterocycles. The Kier molecular flexibility index (Phi) is 5.56. The van der Waals surface area contributed by atoms with Crippen molar-refractivity contribution < 1.29 is 9.53 Å². The van der Waals surface area contributed by atoms with Crippen LogP contribution in [-0.4, -0.2) is 49.1 Å². The molecule has 1 aromatic rings. The van der Waals surface area contributed by atoms with E-state index in [9.17, 15) is 4.79 Å². The molecule has 5 heteroatoms. The molecule has 2 rings (SSSR count). The molecule has 1 fully saturated rings. The lowest BCUT2D eigenvalue weighted by molar-refractivity contribution is 0.0599. The van der Waals surface area contributed by atoms with E-state index in [2.05, 4.69) is 22.1 Å². The molecule has 2 heterocycles. The zero-order chi connectivity index (χ0) is 15.2. The van der Waals surface area contributed by atoms with Crippen LogP contribution in [0.5, 0.6) is 0 Å². The SMILES string of the molecule is COC(=O)c1ccc(NCCN2CCC(C)CC2)nc1C. The minimum absolute atomic E-state index is 0.339. The standard InChI is InChI=1S/C16H25N3O2/c1-12-6-9-19(10-7-12)11-8-17-15-5-4-14(13(2)18-15)16(20)21-3/h4-5,12H,6-11H2,1-3H3,(H,17,18). The Morgan fingerprint density at radius 1 is 1.43 bits per heavy atom. The Morgan fingerprint density at radius 2 is 2.14 bits per heavy atom. The van der Waals surface area contributed by atoms with Crippen LogP contribution in [-0.2, 0) is 4.74 Å². The molecule has 0 unspecified atom stereocenters. The lowest BCUT2D eigenvalue weighted by Gasteiger charge is -2.30. The summed E-state index contributed by atoms with van der Waals surface area (Å²) in [7, 11) is 1.38. The van der Waals surface area contributed by atoms with Gasteiger partial charge in [-0.05, 0) is 50.9 Å². The van der Waals surface area contributed by atoms with Crippen LogP contribution < -0.4 is 5.32 Å². The smallest absolute Gasteiger partial charge is 0.339 e. The minimum atomic E-state index is -0.339. The van der Waals surface area contributed by atoms with Gasteiger partial charge in [0, 0.05) is 13.1 Å². The van der Waals surface area contributed by atoms with Crippen LogP contribution in [0.2, 0.25) is 0 Å². The lowest BCUT2D eigenvalue weighted by Crippen LogP contribution is -2.36. The summed E-state index contributed by atoms with van der Waals surface area (Å²) < 4.78 is 4.72. The zero-order valence-electron chi connectivity index (χ0n) is 13.2. The van der Waals surface area contributed by atoms with Gasteiger partial charge < -0.3 is 15.0 Å². The molecule has 0 radical (unpaired) electrons. The molecule has 0 bridgehead atoms. The predicted molar refractivity (Wildman–Crippen MR) is 83.6 cm³/mol. The van der Waals surface area contributed by atoms with E-state index in [-0.39, 0.29) is 5.97 Å². The summed E-state index contributed by atoms with van der Waals surface area (Å²) in [5.41, 5.74) is 1.21. The molecule has 0 atom stereocenters. The fraction of sp³-hybridized carbons (Fsp3) is 0.625. The van der Waals surface area contributed by atoms with Crippen molar-refractivity contribution in [2.45, 2.75) is 26.7 Å². The maximum atomic E-state index is 11.5. The number of methoxy groups -OCH3 is 1. The first-order valence-electron chi connectivity index (χ1n) is 7.62. The van der Waals surface area contributed by atoms with E-state index >= 15 is 0 Å². The van der Waals surface area contributed by atoms with Gasteiger partial charge in [-0.1, -0.05) is 6.92 Å². The highest BCUT2D eigenvalue weighted by Gasteiger charge is 2.15. The number of rotatable bonds is 5. The number of esters is 1. The first-order valence-corrected chi connectivity index (χ1v) is 7.62. The fourth-order valence-electron chi connectivity index (χ4n) is 2.61. The third kappa shape index (κ3) is 4.43. The van der Waals surface area contributed by atoms with Gasteiger partial charge in [0.1, 0.15) is 5.82 Å². The molecule has 0 spiro atoms. The predicted octanol–water partition coefficient (Wildman–Crippen LogP) is 2.32. The number of aromatic nitrogens is 1. The summed E-state index contributed by atoms with van der Waals surface area (Å²) in [5.74, 6) is 1.34. The van der Waals surface area contributed by atoms with Crippen molar-refractivity contribution in [3.05, 3.63) is 23.4 Å². The van der Waals surface area contributed by atoms with Crippen LogP contribution >= 0.6 is 0 Å². The maximum Gasteiger partial charge on any atom is 0.339 e. The average Bonchev–Trinajstić information content (AvgIpc) is 2.49. The maximum absolute atomic E-state index is 11.5. The zero-order valence-corrected chi connectivity index (χ0v) is 13.2. The molecule has 0 aromatic carbocycles. The third-order valence-corrected chi connectivity index (χ3v) is 4.10. The number of carbonyl (C=O) groups excluding carboxylic acids is 1. The van der Waals surface area contributed by atoms with Gasteiger partial charge in [-0.15, -0.1) is 0 Å². The highest BCUT2D eigenvalue weighted by atomic mass is 16.5. The molecule has 116 valence electrons. The lowest BCUT2D eigenvalue weighted by atomic mass is 9.99. The number of nitrogens with zero attached hydrogens (tertiary/aromatic N) is 2. The highest BCUT2D eigenvalue weighted by molar-refractivity contribution is 5.90. The first kappa shape index (κ1) is 15.8. The molecule has 1 N–H and O–H groups in total. The van der Waals surface area contributed by atoms with E-state index in [1.54, 1.807) is 6.07 Å². The van der Waals surface area contributed by atoms with E-state index in [1.807, 2.05) is 13.0 Å². The van der Waals surface area contributed by atoms with Crippen LogP contribution in [0.4, 0.5) is 5.82 Å². The number of aryl methyl sites for hydroxylation is 1. The number of piperidine rings is 1. The molecular formula is C16H25N3O2. The van der Waals surface area contributed by atoms with Crippen molar-refractivity contribution >= 4 is 11.8 Å². The van der Waals surface area contributed by atoms with E-state index in [0.717, 1.165) is 24.8 Å². The molecule has 1 aromatic heterocycles. The molecule has 0 amide bonds. The van der Waals surface area contributed by atoms with Crippen LogP contribution in [0.1, 0.15) is 35.8 Å². The average molecular weight is 291 g/mol. The Morgan fingerprint density at radius 3 is 2.76 bits per heavy atom. The molecule has 0 aliphatic carbocycles. The minimum Gasteiger partial charge on any atom is -0.465 e. The number of likely N-dealkylation sites (tertiary alicyclic amines) is 1. The normalized spacial score (nSPS) is 16.7. The summed E-state index contributed by atoms with van der Waals surface area (Å²) in [6, 6.07) is 3.59. The number of anilines is 1. The summed E-state index contributed by atoms with van der Waals surface area (Å²) in [6.07, 6.45) is 2.59. The van der Waals surface area contributed by atoms with Gasteiger partial charge >= 0.3 is 5.97 Å². The summed E-state index contributed by atoms with van der Waals surface area (Å²) >= 11 is 0. The number of hydrogen-bond donors (Lipinski definition) is 1. The monoisotopic (exact) mass is 291 g/mol. The number of nitrogens with one attached hydrogen (secondary N) is 1. The van der Waals surface area contributed by atoms with E-state index in [4.69, 9.17) is 4.74 Å². The second-order valence-corrected chi connectivity index (χ2v) is 5.77. The van der Waals surface area contributed by atoms with Gasteiger partial charge in [0.25, 0.3) is 0 Å². The van der Waals surface area contributed by atoms with E-state index in [1.165, 1.54) is 33.0 Å². The largest absolute Gasteiger partial charge is 0.465 e. The first-order chi connectivity index (χ1) is 10.1. The Bertz CT molecular complexity index is 482. The van der Waals surface area contributed by atoms with Crippen molar-refractivity contribution in [1.82, 2.24) is 9.88 Å². The molecule has 0 saturated carbocycles.